The van der Waals surface area contributed by atoms with Gasteiger partial charge >= 0.3 is 24.3 Å². The van der Waals surface area contributed by atoms with Crippen molar-refractivity contribution < 1.29 is 60.0 Å². The Hall–Kier alpha value is -3.85. The van der Waals surface area contributed by atoms with Crippen molar-refractivity contribution >= 4 is 29.2 Å². The SMILES string of the molecule is CCOC(C)c1cc(C(=O)OC)c(N)cc1C(F)(F)F.COC(=O)c1cc(C(C)O)c(C(F)(F)F)cc1NC(C)=O. The molecule has 0 heterocycles. The van der Waals surface area contributed by atoms with Crippen LogP contribution in [0, 0.1) is 0 Å². The van der Waals surface area contributed by atoms with Crippen molar-refractivity contribution in [1.29, 1.82) is 0 Å². The summed E-state index contributed by atoms with van der Waals surface area (Å²) in [4.78, 5) is 34.2. The lowest BCUT2D eigenvalue weighted by Gasteiger charge is -2.20. The number of aliphatic hydroxyl groups is 1. The number of methoxy groups -OCH3 is 2. The number of nitrogen functional groups attached to an aromatic ring is 1. The van der Waals surface area contributed by atoms with Crippen molar-refractivity contribution in [1.82, 2.24) is 0 Å². The van der Waals surface area contributed by atoms with Crippen molar-refractivity contribution in [2.45, 2.75) is 52.3 Å². The molecule has 0 spiro atoms. The Bertz CT molecular complexity index is 1260. The summed E-state index contributed by atoms with van der Waals surface area (Å²) in [6.07, 6.45) is -11.6. The molecule has 0 aliphatic rings. The number of benzene rings is 2. The molecule has 2 rings (SSSR count). The number of anilines is 2. The number of nitrogens with one attached hydrogen (secondary N) is 1. The molecule has 2 unspecified atom stereocenters. The van der Waals surface area contributed by atoms with Crippen LogP contribution in [0.1, 0.15) is 82.9 Å². The van der Waals surface area contributed by atoms with Crippen molar-refractivity contribution in [2.24, 2.45) is 0 Å². The maximum absolute atomic E-state index is 13.0. The molecule has 0 saturated carbocycles. The Morgan fingerprint density at radius 3 is 1.76 bits per heavy atom. The molecule has 0 saturated heterocycles. The Kier molecular flexibility index (Phi) is 12.2. The summed E-state index contributed by atoms with van der Waals surface area (Å²) < 4.78 is 92.2. The van der Waals surface area contributed by atoms with E-state index in [9.17, 15) is 45.8 Å². The molecule has 0 aliphatic heterocycles. The first kappa shape index (κ1) is 35.2. The van der Waals surface area contributed by atoms with E-state index in [0.29, 0.717) is 6.07 Å². The number of amides is 1. The number of hydrogen-bond donors (Lipinski definition) is 3. The van der Waals surface area contributed by atoms with Gasteiger partial charge in [0.15, 0.2) is 0 Å². The van der Waals surface area contributed by atoms with Gasteiger partial charge in [-0.1, -0.05) is 0 Å². The molecule has 2 atom stereocenters. The van der Waals surface area contributed by atoms with Crippen LogP contribution in [0.3, 0.4) is 0 Å². The summed E-state index contributed by atoms with van der Waals surface area (Å²) in [5.74, 6) is -2.35. The number of alkyl halides is 6. The number of hydrogen-bond acceptors (Lipinski definition) is 8. The second-order valence-electron chi connectivity index (χ2n) is 8.45. The van der Waals surface area contributed by atoms with Crippen LogP contribution < -0.4 is 11.1 Å². The van der Waals surface area contributed by atoms with Gasteiger partial charge in [-0.25, -0.2) is 9.59 Å². The molecule has 0 aromatic heterocycles. The smallest absolute Gasteiger partial charge is 0.416 e. The van der Waals surface area contributed by atoms with E-state index in [0.717, 1.165) is 46.3 Å². The third kappa shape index (κ3) is 9.35. The van der Waals surface area contributed by atoms with E-state index < -0.39 is 59.1 Å². The molecule has 15 heteroatoms. The van der Waals surface area contributed by atoms with Crippen LogP contribution in [-0.4, -0.2) is 43.8 Å². The van der Waals surface area contributed by atoms with Gasteiger partial charge in [-0.2, -0.15) is 26.3 Å². The predicted octanol–water partition coefficient (Wildman–Crippen LogP) is 5.68. The molecule has 0 aliphatic carbocycles. The zero-order valence-corrected chi connectivity index (χ0v) is 22.9. The third-order valence-electron chi connectivity index (χ3n) is 5.45. The van der Waals surface area contributed by atoms with Gasteiger partial charge in [0.25, 0.3) is 0 Å². The summed E-state index contributed by atoms with van der Waals surface area (Å²) in [7, 11) is 2.19. The van der Waals surface area contributed by atoms with Crippen molar-refractivity contribution in [2.75, 3.05) is 31.9 Å². The Morgan fingerprint density at radius 1 is 0.878 bits per heavy atom. The molecule has 41 heavy (non-hydrogen) atoms. The summed E-state index contributed by atoms with van der Waals surface area (Å²) in [6, 6.07) is 3.28. The van der Waals surface area contributed by atoms with Crippen molar-refractivity contribution in [3.8, 4) is 0 Å². The minimum Gasteiger partial charge on any atom is -0.465 e. The quantitative estimate of drug-likeness (QED) is 0.211. The number of ether oxygens (including phenoxy) is 3. The van der Waals surface area contributed by atoms with Gasteiger partial charge in [-0.05, 0) is 56.2 Å². The molecule has 2 aromatic carbocycles. The van der Waals surface area contributed by atoms with Crippen LogP contribution in [0.5, 0.6) is 0 Å². The average Bonchev–Trinajstić information content (AvgIpc) is 2.86. The first-order chi connectivity index (χ1) is 18.8. The molecule has 2 aromatic rings. The molecule has 4 N–H and O–H groups in total. The van der Waals surface area contributed by atoms with E-state index in [4.69, 9.17) is 10.5 Å². The fourth-order valence-electron chi connectivity index (χ4n) is 3.62. The minimum absolute atomic E-state index is 0.109. The molecular weight excluding hydrogens is 566 g/mol. The zero-order chi connectivity index (χ0) is 31.9. The lowest BCUT2D eigenvalue weighted by molar-refractivity contribution is -0.140. The van der Waals surface area contributed by atoms with Crippen LogP contribution in [0.2, 0.25) is 0 Å². The van der Waals surface area contributed by atoms with Gasteiger partial charge in [-0.3, -0.25) is 4.79 Å². The second-order valence-corrected chi connectivity index (χ2v) is 8.45. The van der Waals surface area contributed by atoms with Crippen molar-refractivity contribution in [3.05, 3.63) is 57.6 Å². The third-order valence-corrected chi connectivity index (χ3v) is 5.45. The van der Waals surface area contributed by atoms with Gasteiger partial charge in [0.1, 0.15) is 0 Å². The van der Waals surface area contributed by atoms with E-state index in [-0.39, 0.29) is 34.7 Å². The zero-order valence-electron chi connectivity index (χ0n) is 22.9. The fourth-order valence-corrected chi connectivity index (χ4v) is 3.62. The second kappa shape index (κ2) is 14.2. The van der Waals surface area contributed by atoms with E-state index >= 15 is 0 Å². The van der Waals surface area contributed by atoms with Gasteiger partial charge < -0.3 is 30.4 Å². The Labute approximate surface area is 231 Å². The largest absolute Gasteiger partial charge is 0.465 e. The van der Waals surface area contributed by atoms with E-state index in [1.54, 1.807) is 6.92 Å². The standard InChI is InChI=1S/C13H14F3NO4.C13H16F3NO3/c1-6(18)8-4-9(12(20)21-3)11(17-7(2)19)5-10(8)13(14,15)16;1-4-20-7(2)8-5-9(12(18)19-3)11(17)6-10(8)13(14,15)16/h4-6,18H,1-3H3,(H,17,19);5-7H,4,17H2,1-3H3. The number of aliphatic hydroxyl groups excluding tert-OH is 1. The minimum atomic E-state index is -4.74. The summed E-state index contributed by atoms with van der Waals surface area (Å²) in [5.41, 5.74) is 1.85. The van der Waals surface area contributed by atoms with E-state index in [1.807, 2.05) is 0 Å². The lowest BCUT2D eigenvalue weighted by Crippen LogP contribution is -2.17. The molecule has 1 amide bonds. The summed E-state index contributed by atoms with van der Waals surface area (Å²) in [5, 5.41) is 11.6. The molecule has 0 bridgehead atoms. The summed E-state index contributed by atoms with van der Waals surface area (Å²) >= 11 is 0. The van der Waals surface area contributed by atoms with E-state index in [1.165, 1.54) is 6.92 Å². The molecule has 0 fully saturated rings. The predicted molar refractivity (Wildman–Crippen MR) is 135 cm³/mol. The first-order valence-corrected chi connectivity index (χ1v) is 11.8. The topological polar surface area (TPSA) is 137 Å². The van der Waals surface area contributed by atoms with Crippen LogP contribution in [0.4, 0.5) is 37.7 Å². The van der Waals surface area contributed by atoms with Gasteiger partial charge in [0.05, 0.1) is 54.4 Å². The highest BCUT2D eigenvalue weighted by molar-refractivity contribution is 6.01. The number of halogens is 6. The monoisotopic (exact) mass is 596 g/mol. The highest BCUT2D eigenvalue weighted by Gasteiger charge is 2.37. The average molecular weight is 597 g/mol. The van der Waals surface area contributed by atoms with Gasteiger partial charge in [0.2, 0.25) is 5.91 Å². The Balaban J connectivity index is 0.000000410. The van der Waals surface area contributed by atoms with Crippen molar-refractivity contribution in [3.63, 3.8) is 0 Å². The first-order valence-electron chi connectivity index (χ1n) is 11.8. The summed E-state index contributed by atoms with van der Waals surface area (Å²) in [6.45, 7) is 5.63. The number of carbonyl (C=O) groups excluding carboxylic acids is 3. The van der Waals surface area contributed by atoms with E-state index in [2.05, 4.69) is 14.8 Å². The Morgan fingerprint density at radius 2 is 1.34 bits per heavy atom. The molecule has 228 valence electrons. The van der Waals surface area contributed by atoms with Gasteiger partial charge in [0, 0.05) is 19.2 Å². The van der Waals surface area contributed by atoms with Crippen LogP contribution in [0.25, 0.3) is 0 Å². The lowest BCUT2D eigenvalue weighted by atomic mass is 9.97. The fraction of sp³-hybridized carbons (Fsp3) is 0.423. The number of rotatable bonds is 7. The van der Waals surface area contributed by atoms with Crippen LogP contribution in [0.15, 0.2) is 24.3 Å². The van der Waals surface area contributed by atoms with Crippen LogP contribution >= 0.6 is 0 Å². The maximum atomic E-state index is 13.0. The van der Waals surface area contributed by atoms with Crippen LogP contribution in [-0.2, 0) is 31.4 Å². The highest BCUT2D eigenvalue weighted by atomic mass is 19.4. The number of nitrogens with two attached hydrogens (primary N) is 1. The highest BCUT2D eigenvalue weighted by Crippen LogP contribution is 2.39. The normalized spacial score (nSPS) is 12.9. The number of carbonyl (C=O) groups is 3. The molecule has 0 radical (unpaired) electrons. The number of esters is 2. The maximum Gasteiger partial charge on any atom is 0.416 e. The molecule has 9 nitrogen and oxygen atoms in total. The van der Waals surface area contributed by atoms with Gasteiger partial charge in [-0.15, -0.1) is 0 Å². The molecular formula is C26H30F6N2O7.